The van der Waals surface area contributed by atoms with E-state index in [9.17, 15) is 14.7 Å². The van der Waals surface area contributed by atoms with Gasteiger partial charge in [-0.15, -0.1) is 0 Å². The van der Waals surface area contributed by atoms with Crippen molar-refractivity contribution < 1.29 is 19.8 Å². The van der Waals surface area contributed by atoms with Gasteiger partial charge in [-0.05, 0) is 24.7 Å². The highest BCUT2D eigenvalue weighted by Crippen LogP contribution is 2.27. The minimum Gasteiger partial charge on any atom is -0.480 e. The summed E-state index contributed by atoms with van der Waals surface area (Å²) in [5.74, 6) is -1.18. The molecule has 0 radical (unpaired) electrons. The second-order valence-electron chi connectivity index (χ2n) is 6.88. The monoisotopic (exact) mass is 314 g/mol. The molecule has 6 heteroatoms. The van der Waals surface area contributed by atoms with Crippen LogP contribution < -0.4 is 11.1 Å². The lowest BCUT2D eigenvalue weighted by Crippen LogP contribution is -2.52. The molecule has 0 heterocycles. The van der Waals surface area contributed by atoms with Crippen LogP contribution in [-0.4, -0.2) is 40.3 Å². The van der Waals surface area contributed by atoms with Gasteiger partial charge in [-0.3, -0.25) is 4.79 Å². The van der Waals surface area contributed by atoms with E-state index in [1.54, 1.807) is 0 Å². The second kappa shape index (κ2) is 9.10. The van der Waals surface area contributed by atoms with E-state index in [1.165, 1.54) is 19.3 Å². The van der Waals surface area contributed by atoms with Crippen molar-refractivity contribution in [3.8, 4) is 0 Å². The summed E-state index contributed by atoms with van der Waals surface area (Å²) in [6.45, 7) is 3.76. The number of hydrogen-bond donors (Lipinski definition) is 4. The van der Waals surface area contributed by atoms with Gasteiger partial charge in [-0.2, -0.15) is 0 Å². The largest absolute Gasteiger partial charge is 0.480 e. The van der Waals surface area contributed by atoms with Crippen LogP contribution >= 0.6 is 0 Å². The summed E-state index contributed by atoms with van der Waals surface area (Å²) in [7, 11) is 0. The first-order valence-electron chi connectivity index (χ1n) is 8.28. The summed E-state index contributed by atoms with van der Waals surface area (Å²) in [5.41, 5.74) is 5.94. The highest BCUT2D eigenvalue weighted by Gasteiger charge is 2.29. The van der Waals surface area contributed by atoms with Crippen molar-refractivity contribution in [3.63, 3.8) is 0 Å². The van der Waals surface area contributed by atoms with Crippen molar-refractivity contribution in [2.75, 3.05) is 0 Å². The third-order valence-corrected chi connectivity index (χ3v) is 4.33. The van der Waals surface area contributed by atoms with Crippen molar-refractivity contribution in [2.24, 2.45) is 17.6 Å². The second-order valence-corrected chi connectivity index (χ2v) is 6.88. The van der Waals surface area contributed by atoms with Crippen LogP contribution in [0.2, 0.25) is 0 Å². The third kappa shape index (κ3) is 6.32. The van der Waals surface area contributed by atoms with Gasteiger partial charge in [0.15, 0.2) is 0 Å². The van der Waals surface area contributed by atoms with Gasteiger partial charge < -0.3 is 21.3 Å². The summed E-state index contributed by atoms with van der Waals surface area (Å²) in [6, 6.07) is -1.62. The van der Waals surface area contributed by atoms with E-state index in [1.807, 2.05) is 13.8 Å². The molecule has 0 aromatic carbocycles. The van der Waals surface area contributed by atoms with E-state index < -0.39 is 30.1 Å². The Bertz CT molecular complexity index is 367. The summed E-state index contributed by atoms with van der Waals surface area (Å²) < 4.78 is 0. The molecule has 1 rings (SSSR count). The number of nitrogens with two attached hydrogens (primary N) is 1. The fourth-order valence-corrected chi connectivity index (χ4v) is 3.08. The SMILES string of the molecule is CC(C)CC(NC(=O)[C@H](O)[C@H](N)CC1CCCCC1)C(=O)O. The molecule has 128 valence electrons. The first-order chi connectivity index (χ1) is 10.3. The van der Waals surface area contributed by atoms with E-state index in [4.69, 9.17) is 10.8 Å². The third-order valence-electron chi connectivity index (χ3n) is 4.33. The number of hydrogen-bond acceptors (Lipinski definition) is 4. The molecule has 3 atom stereocenters. The Kier molecular flexibility index (Phi) is 7.82. The molecule has 0 aromatic heterocycles. The van der Waals surface area contributed by atoms with Gasteiger partial charge in [0, 0.05) is 6.04 Å². The molecule has 0 aliphatic heterocycles. The van der Waals surface area contributed by atoms with Gasteiger partial charge in [0.2, 0.25) is 0 Å². The Morgan fingerprint density at radius 2 is 1.82 bits per heavy atom. The maximum Gasteiger partial charge on any atom is 0.326 e. The molecule has 1 amide bonds. The zero-order valence-electron chi connectivity index (χ0n) is 13.6. The summed E-state index contributed by atoms with van der Waals surface area (Å²) in [5, 5.41) is 21.6. The molecule has 6 nitrogen and oxygen atoms in total. The Morgan fingerprint density at radius 3 is 2.32 bits per heavy atom. The van der Waals surface area contributed by atoms with Gasteiger partial charge in [0.25, 0.3) is 5.91 Å². The Labute approximate surface area is 132 Å². The fourth-order valence-electron chi connectivity index (χ4n) is 3.08. The average Bonchev–Trinajstić information content (AvgIpc) is 2.46. The van der Waals surface area contributed by atoms with E-state index in [-0.39, 0.29) is 5.92 Å². The lowest BCUT2D eigenvalue weighted by atomic mass is 9.84. The molecule has 1 fully saturated rings. The maximum atomic E-state index is 12.0. The van der Waals surface area contributed by atoms with Crippen molar-refractivity contribution in [3.05, 3.63) is 0 Å². The highest BCUT2D eigenvalue weighted by atomic mass is 16.4. The standard InChI is InChI=1S/C16H30N2O4/c1-10(2)8-13(16(21)22)18-15(20)14(19)12(17)9-11-6-4-3-5-7-11/h10-14,19H,3-9,17H2,1-2H3,(H,18,20)(H,21,22)/t12-,13?,14-/m1/s1. The highest BCUT2D eigenvalue weighted by molar-refractivity contribution is 5.86. The molecule has 0 aromatic rings. The number of nitrogens with one attached hydrogen (secondary N) is 1. The number of aliphatic hydroxyl groups is 1. The number of aliphatic carboxylic acids is 1. The molecule has 0 spiro atoms. The molecule has 1 saturated carbocycles. The van der Waals surface area contributed by atoms with Crippen LogP contribution in [0, 0.1) is 11.8 Å². The lowest BCUT2D eigenvalue weighted by Gasteiger charge is -2.27. The topological polar surface area (TPSA) is 113 Å². The maximum absolute atomic E-state index is 12.0. The number of carbonyl (C=O) groups is 2. The van der Waals surface area contributed by atoms with Gasteiger partial charge in [-0.25, -0.2) is 4.79 Å². The van der Waals surface area contributed by atoms with E-state index in [0.717, 1.165) is 12.8 Å². The molecule has 1 aliphatic carbocycles. The quantitative estimate of drug-likeness (QED) is 0.539. The van der Waals surface area contributed by atoms with Crippen LogP contribution in [0.5, 0.6) is 0 Å². The average molecular weight is 314 g/mol. The molecule has 0 saturated heterocycles. The van der Waals surface area contributed by atoms with E-state index >= 15 is 0 Å². The minimum atomic E-state index is -1.35. The summed E-state index contributed by atoms with van der Waals surface area (Å²) in [4.78, 5) is 23.2. The number of aliphatic hydroxyl groups excluding tert-OH is 1. The molecule has 5 N–H and O–H groups in total. The number of rotatable bonds is 8. The van der Waals surface area contributed by atoms with Crippen molar-refractivity contribution in [1.82, 2.24) is 5.32 Å². The summed E-state index contributed by atoms with van der Waals surface area (Å²) in [6.07, 6.45) is 5.35. The van der Waals surface area contributed by atoms with Gasteiger partial charge >= 0.3 is 5.97 Å². The first kappa shape index (κ1) is 18.9. The zero-order chi connectivity index (χ0) is 16.7. The number of carbonyl (C=O) groups excluding carboxylic acids is 1. The van der Waals surface area contributed by atoms with E-state index in [2.05, 4.69) is 5.32 Å². The Hall–Kier alpha value is -1.14. The van der Waals surface area contributed by atoms with Crippen molar-refractivity contribution in [1.29, 1.82) is 0 Å². The van der Waals surface area contributed by atoms with Crippen LogP contribution in [0.15, 0.2) is 0 Å². The number of carboxylic acids is 1. The van der Waals surface area contributed by atoms with Gasteiger partial charge in [-0.1, -0.05) is 46.0 Å². The molecule has 1 unspecified atom stereocenters. The predicted octanol–water partition coefficient (Wildman–Crippen LogP) is 1.26. The number of carboxylic acid groups (broad SMARTS) is 1. The first-order valence-corrected chi connectivity index (χ1v) is 8.28. The fraction of sp³-hybridized carbons (Fsp3) is 0.875. The molecule has 22 heavy (non-hydrogen) atoms. The normalized spacial score (nSPS) is 20.4. The zero-order valence-corrected chi connectivity index (χ0v) is 13.6. The van der Waals surface area contributed by atoms with Crippen LogP contribution in [0.25, 0.3) is 0 Å². The molecular weight excluding hydrogens is 284 g/mol. The lowest BCUT2D eigenvalue weighted by molar-refractivity contribution is -0.144. The smallest absolute Gasteiger partial charge is 0.326 e. The molecule has 1 aliphatic rings. The number of amides is 1. The Balaban J connectivity index is 2.49. The van der Waals surface area contributed by atoms with Crippen LogP contribution in [0.4, 0.5) is 0 Å². The molecule has 0 bridgehead atoms. The van der Waals surface area contributed by atoms with Gasteiger partial charge in [0.05, 0.1) is 0 Å². The van der Waals surface area contributed by atoms with Crippen LogP contribution in [0.1, 0.15) is 58.8 Å². The Morgan fingerprint density at radius 1 is 1.23 bits per heavy atom. The van der Waals surface area contributed by atoms with Crippen LogP contribution in [0.3, 0.4) is 0 Å². The van der Waals surface area contributed by atoms with E-state index in [0.29, 0.717) is 18.8 Å². The van der Waals surface area contributed by atoms with Crippen molar-refractivity contribution >= 4 is 11.9 Å². The predicted molar refractivity (Wildman–Crippen MR) is 84.2 cm³/mol. The van der Waals surface area contributed by atoms with Crippen molar-refractivity contribution in [2.45, 2.75) is 77.0 Å². The minimum absolute atomic E-state index is 0.134. The molecular formula is C16H30N2O4. The van der Waals surface area contributed by atoms with Gasteiger partial charge in [0.1, 0.15) is 12.1 Å². The van der Waals surface area contributed by atoms with Crippen LogP contribution in [-0.2, 0) is 9.59 Å². The summed E-state index contributed by atoms with van der Waals surface area (Å²) >= 11 is 0.